The lowest BCUT2D eigenvalue weighted by Gasteiger charge is -2.21. The van der Waals surface area contributed by atoms with E-state index in [1.54, 1.807) is 24.3 Å². The van der Waals surface area contributed by atoms with E-state index in [1.165, 1.54) is 12.3 Å². The summed E-state index contributed by atoms with van der Waals surface area (Å²) in [7, 11) is 0. The Labute approximate surface area is 196 Å². The maximum Gasteiger partial charge on any atom is 0.272 e. The van der Waals surface area contributed by atoms with E-state index in [0.717, 1.165) is 53.5 Å². The van der Waals surface area contributed by atoms with Gasteiger partial charge in [-0.3, -0.25) is 9.59 Å². The fourth-order valence-corrected chi connectivity index (χ4v) is 4.75. The van der Waals surface area contributed by atoms with E-state index < -0.39 is 5.91 Å². The molecule has 0 radical (unpaired) electrons. The average molecular weight is 458 g/mol. The van der Waals surface area contributed by atoms with Gasteiger partial charge in [-0.25, -0.2) is 5.43 Å². The van der Waals surface area contributed by atoms with E-state index in [2.05, 4.69) is 15.5 Å². The van der Waals surface area contributed by atoms with Gasteiger partial charge in [-0.2, -0.15) is 5.10 Å². The molecule has 7 nitrogen and oxygen atoms in total. The number of amides is 1. The molecule has 0 spiro atoms. The summed E-state index contributed by atoms with van der Waals surface area (Å²) in [6.45, 7) is 6.08. The summed E-state index contributed by atoms with van der Waals surface area (Å²) in [6, 6.07) is 10.3. The van der Waals surface area contributed by atoms with Crippen LogP contribution in [0.2, 0.25) is 0 Å². The number of fused-ring (bicyclic) bond motifs is 4. The Morgan fingerprint density at radius 1 is 1.18 bits per heavy atom. The Hall–Kier alpha value is -3.87. The molecule has 1 aliphatic rings. The van der Waals surface area contributed by atoms with Gasteiger partial charge in [-0.05, 0) is 36.8 Å². The zero-order valence-electron chi connectivity index (χ0n) is 19.5. The molecule has 0 unspecified atom stereocenters. The van der Waals surface area contributed by atoms with Crippen molar-refractivity contribution in [3.63, 3.8) is 0 Å². The highest BCUT2D eigenvalue weighted by atomic mass is 16.3. The highest BCUT2D eigenvalue weighted by Crippen LogP contribution is 2.42. The molecular weight excluding hydrogens is 430 g/mol. The number of carbonyl (C=O) groups excluding carboxylic acids is 1. The SMILES string of the molecule is CC(C)(C)c1cc2oc3c(c2c(C=NNC(=O)c2cc(=O)[nH]c4ccccc24)c1O)CCCC3. The van der Waals surface area contributed by atoms with Gasteiger partial charge >= 0.3 is 0 Å². The predicted octanol–water partition coefficient (Wildman–Crippen LogP) is 4.92. The first-order valence-corrected chi connectivity index (χ1v) is 11.5. The molecule has 0 saturated carbocycles. The second-order valence-electron chi connectivity index (χ2n) is 9.81. The summed E-state index contributed by atoms with van der Waals surface area (Å²) >= 11 is 0. The highest BCUT2D eigenvalue weighted by Gasteiger charge is 2.27. The highest BCUT2D eigenvalue weighted by molar-refractivity contribution is 6.07. The van der Waals surface area contributed by atoms with Gasteiger partial charge in [-0.15, -0.1) is 0 Å². The number of furan rings is 1. The number of benzene rings is 2. The van der Waals surface area contributed by atoms with Crippen molar-refractivity contribution in [3.05, 3.63) is 74.8 Å². The first kappa shape index (κ1) is 21.9. The largest absolute Gasteiger partial charge is 0.507 e. The molecular formula is C27H27N3O4. The van der Waals surface area contributed by atoms with Gasteiger partial charge in [-0.1, -0.05) is 39.0 Å². The first-order valence-electron chi connectivity index (χ1n) is 11.5. The van der Waals surface area contributed by atoms with Crippen LogP contribution in [0.5, 0.6) is 5.75 Å². The molecule has 34 heavy (non-hydrogen) atoms. The normalized spacial score (nSPS) is 14.1. The van der Waals surface area contributed by atoms with Crippen LogP contribution in [0.4, 0.5) is 0 Å². The van der Waals surface area contributed by atoms with Gasteiger partial charge in [0.2, 0.25) is 5.56 Å². The number of phenolic OH excluding ortho intramolecular Hbond substituents is 1. The Morgan fingerprint density at radius 3 is 2.74 bits per heavy atom. The number of aryl methyl sites for hydroxylation is 2. The number of rotatable bonds is 3. The van der Waals surface area contributed by atoms with Gasteiger partial charge in [0.05, 0.1) is 11.8 Å². The molecule has 1 aliphatic carbocycles. The number of aromatic hydroxyl groups is 1. The molecule has 0 bridgehead atoms. The Morgan fingerprint density at radius 2 is 1.94 bits per heavy atom. The maximum absolute atomic E-state index is 12.9. The van der Waals surface area contributed by atoms with Crippen LogP contribution in [-0.4, -0.2) is 22.2 Å². The van der Waals surface area contributed by atoms with Crippen molar-refractivity contribution >= 4 is 34.0 Å². The summed E-state index contributed by atoms with van der Waals surface area (Å²) in [6.07, 6.45) is 5.37. The molecule has 2 aromatic carbocycles. The molecule has 2 heterocycles. The molecule has 0 aliphatic heterocycles. The van der Waals surface area contributed by atoms with E-state index in [1.807, 2.05) is 26.8 Å². The number of phenols is 1. The second-order valence-corrected chi connectivity index (χ2v) is 9.81. The zero-order chi connectivity index (χ0) is 24.0. The first-order chi connectivity index (χ1) is 16.2. The van der Waals surface area contributed by atoms with Crippen molar-refractivity contribution in [1.82, 2.24) is 10.4 Å². The zero-order valence-corrected chi connectivity index (χ0v) is 19.5. The topological polar surface area (TPSA) is 108 Å². The van der Waals surface area contributed by atoms with E-state index in [4.69, 9.17) is 4.42 Å². The van der Waals surface area contributed by atoms with Crippen LogP contribution in [0.15, 0.2) is 50.7 Å². The number of H-pyrrole nitrogens is 1. The van der Waals surface area contributed by atoms with Crippen LogP contribution >= 0.6 is 0 Å². The van der Waals surface area contributed by atoms with E-state index in [-0.39, 0.29) is 22.3 Å². The lowest BCUT2D eigenvalue weighted by molar-refractivity contribution is 0.0956. The summed E-state index contributed by atoms with van der Waals surface area (Å²) in [4.78, 5) is 27.6. The van der Waals surface area contributed by atoms with Crippen molar-refractivity contribution in [2.24, 2.45) is 5.10 Å². The number of aromatic nitrogens is 1. The summed E-state index contributed by atoms with van der Waals surface area (Å²) in [5, 5.41) is 16.9. The monoisotopic (exact) mass is 457 g/mol. The van der Waals surface area contributed by atoms with Crippen LogP contribution < -0.4 is 11.0 Å². The van der Waals surface area contributed by atoms with Crippen LogP contribution in [0.25, 0.3) is 21.9 Å². The standard InChI is InChI=1S/C27H27N3O4/c1-27(2,3)19-13-22-24(16-9-5-7-11-21(16)34-22)18(25(19)32)14-28-30-26(33)17-12-23(31)29-20-10-6-4-8-15(17)20/h4,6,8,10,12-14,32H,5,7,9,11H2,1-3H3,(H,29,31)(H,30,33). The van der Waals surface area contributed by atoms with E-state index in [0.29, 0.717) is 16.5 Å². The lowest BCUT2D eigenvalue weighted by atomic mass is 9.83. The van der Waals surface area contributed by atoms with Crippen molar-refractivity contribution in [2.45, 2.75) is 51.9 Å². The van der Waals surface area contributed by atoms with Gasteiger partial charge in [0.25, 0.3) is 5.91 Å². The fraction of sp³-hybridized carbons (Fsp3) is 0.296. The number of nitrogens with one attached hydrogen (secondary N) is 2. The minimum atomic E-state index is -0.504. The van der Waals surface area contributed by atoms with Crippen LogP contribution in [-0.2, 0) is 18.3 Å². The number of para-hydroxylation sites is 1. The molecule has 174 valence electrons. The van der Waals surface area contributed by atoms with E-state index in [9.17, 15) is 14.7 Å². The average Bonchev–Trinajstić information content (AvgIpc) is 3.17. The van der Waals surface area contributed by atoms with Gasteiger partial charge in [0.15, 0.2) is 0 Å². The number of aromatic amines is 1. The van der Waals surface area contributed by atoms with Crippen LogP contribution in [0, 0.1) is 0 Å². The van der Waals surface area contributed by atoms with Crippen LogP contribution in [0.1, 0.15) is 66.4 Å². The van der Waals surface area contributed by atoms with Crippen molar-refractivity contribution in [3.8, 4) is 5.75 Å². The number of hydrogen-bond donors (Lipinski definition) is 3. The molecule has 3 N–H and O–H groups in total. The predicted molar refractivity (Wildman–Crippen MR) is 133 cm³/mol. The Kier molecular flexibility index (Phi) is 5.27. The molecule has 7 heteroatoms. The fourth-order valence-electron chi connectivity index (χ4n) is 4.75. The number of hydrogen-bond acceptors (Lipinski definition) is 5. The third-order valence-corrected chi connectivity index (χ3v) is 6.42. The summed E-state index contributed by atoms with van der Waals surface area (Å²) < 4.78 is 6.18. The van der Waals surface area contributed by atoms with Crippen molar-refractivity contribution < 1.29 is 14.3 Å². The molecule has 1 amide bonds. The molecule has 4 aromatic rings. The molecule has 2 aromatic heterocycles. The Bertz CT molecular complexity index is 1520. The maximum atomic E-state index is 12.9. The Balaban J connectivity index is 1.57. The van der Waals surface area contributed by atoms with Crippen molar-refractivity contribution in [2.75, 3.05) is 0 Å². The minimum absolute atomic E-state index is 0.133. The molecule has 5 rings (SSSR count). The van der Waals surface area contributed by atoms with Gasteiger partial charge in [0, 0.05) is 45.5 Å². The summed E-state index contributed by atoms with van der Waals surface area (Å²) in [5.41, 5.74) is 5.76. The van der Waals surface area contributed by atoms with Crippen LogP contribution in [0.3, 0.4) is 0 Å². The third kappa shape index (κ3) is 3.77. The smallest absolute Gasteiger partial charge is 0.272 e. The molecule has 0 saturated heterocycles. The van der Waals surface area contributed by atoms with Crippen molar-refractivity contribution in [1.29, 1.82) is 0 Å². The van der Waals surface area contributed by atoms with Gasteiger partial charge < -0.3 is 14.5 Å². The quantitative estimate of drug-likeness (QED) is 0.300. The lowest BCUT2D eigenvalue weighted by Crippen LogP contribution is -2.21. The number of hydrazone groups is 1. The van der Waals surface area contributed by atoms with Gasteiger partial charge in [0.1, 0.15) is 17.1 Å². The van der Waals surface area contributed by atoms with E-state index >= 15 is 0 Å². The third-order valence-electron chi connectivity index (χ3n) is 6.42. The number of pyridine rings is 1. The summed E-state index contributed by atoms with van der Waals surface area (Å²) in [5.74, 6) is 0.588. The molecule has 0 atom stereocenters. The number of nitrogens with zero attached hydrogens (tertiary/aromatic N) is 1. The minimum Gasteiger partial charge on any atom is -0.507 e. The molecule has 0 fully saturated rings. The number of carbonyl (C=O) groups is 1. The second kappa shape index (κ2) is 8.17.